The van der Waals surface area contributed by atoms with Gasteiger partial charge in [0.25, 0.3) is 0 Å². The highest BCUT2D eigenvalue weighted by Gasteiger charge is 2.16. The fourth-order valence-corrected chi connectivity index (χ4v) is 2.93. The first-order chi connectivity index (χ1) is 11.4. The van der Waals surface area contributed by atoms with Gasteiger partial charge in [-0.2, -0.15) is 0 Å². The van der Waals surface area contributed by atoms with E-state index in [1.54, 1.807) is 7.11 Å². The predicted octanol–water partition coefficient (Wildman–Crippen LogP) is 4.48. The van der Waals surface area contributed by atoms with E-state index in [-0.39, 0.29) is 11.6 Å². The van der Waals surface area contributed by atoms with Gasteiger partial charge < -0.3 is 14.5 Å². The molecule has 2 heterocycles. The topological polar surface area (TPSA) is 76.4 Å². The number of carbonyl (C=O) groups is 1. The number of para-hydroxylation sites is 1. The van der Waals surface area contributed by atoms with Crippen molar-refractivity contribution in [3.8, 4) is 17.2 Å². The second-order valence-electron chi connectivity index (χ2n) is 6.36. The maximum atomic E-state index is 11.9. The number of urea groups is 1. The fourth-order valence-electron chi connectivity index (χ4n) is 2.24. The van der Waals surface area contributed by atoms with Gasteiger partial charge in [0.15, 0.2) is 22.2 Å². The van der Waals surface area contributed by atoms with Gasteiger partial charge in [-0.3, -0.25) is 5.32 Å². The monoisotopic (exact) mass is 345 g/mol. The number of hydrogen-bond acceptors (Lipinski definition) is 5. The number of benzene rings is 1. The zero-order chi connectivity index (χ0) is 17.3. The lowest BCUT2D eigenvalue weighted by Crippen LogP contribution is -2.43. The molecule has 3 aromatic rings. The van der Waals surface area contributed by atoms with E-state index in [2.05, 4.69) is 15.6 Å². The maximum absolute atomic E-state index is 11.9. The summed E-state index contributed by atoms with van der Waals surface area (Å²) in [6, 6.07) is 7.33. The van der Waals surface area contributed by atoms with Gasteiger partial charge in [0.1, 0.15) is 5.69 Å². The summed E-state index contributed by atoms with van der Waals surface area (Å²) in [4.78, 5) is 16.3. The van der Waals surface area contributed by atoms with Crippen molar-refractivity contribution in [2.45, 2.75) is 26.3 Å². The normalized spacial score (nSPS) is 11.5. The first-order valence-electron chi connectivity index (χ1n) is 7.47. The number of thiazole rings is 1. The van der Waals surface area contributed by atoms with Crippen LogP contribution in [0.1, 0.15) is 20.8 Å². The smallest absolute Gasteiger partial charge is 0.321 e. The molecule has 24 heavy (non-hydrogen) atoms. The largest absolute Gasteiger partial charge is 0.493 e. The second-order valence-corrected chi connectivity index (χ2v) is 7.21. The van der Waals surface area contributed by atoms with Gasteiger partial charge in [0.2, 0.25) is 0 Å². The van der Waals surface area contributed by atoms with E-state index in [1.807, 2.05) is 50.4 Å². The lowest BCUT2D eigenvalue weighted by atomic mass is 10.1. The molecule has 0 spiro atoms. The molecule has 0 atom stereocenters. The summed E-state index contributed by atoms with van der Waals surface area (Å²) in [5.41, 5.74) is 1.05. The highest BCUT2D eigenvalue weighted by atomic mass is 32.1. The fraction of sp³-hybridized carbons (Fsp3) is 0.294. The number of ether oxygens (including phenoxy) is 1. The Morgan fingerprint density at radius 2 is 2.12 bits per heavy atom. The molecule has 7 heteroatoms. The molecule has 126 valence electrons. The highest BCUT2D eigenvalue weighted by Crippen LogP contribution is 2.34. The molecular formula is C17H19N3O3S. The molecule has 0 fully saturated rings. The number of methoxy groups -OCH3 is 1. The molecule has 0 saturated heterocycles. The zero-order valence-electron chi connectivity index (χ0n) is 14.0. The third kappa shape index (κ3) is 3.51. The van der Waals surface area contributed by atoms with Crippen molar-refractivity contribution in [3.05, 3.63) is 29.6 Å². The Labute approximate surface area is 143 Å². The number of fused-ring (bicyclic) bond motifs is 1. The third-order valence-electron chi connectivity index (χ3n) is 3.19. The van der Waals surface area contributed by atoms with Gasteiger partial charge in [-0.05, 0) is 32.9 Å². The summed E-state index contributed by atoms with van der Waals surface area (Å²) in [7, 11) is 1.61. The number of rotatable bonds is 3. The Kier molecular flexibility index (Phi) is 4.19. The molecule has 0 aliphatic rings. The first kappa shape index (κ1) is 16.3. The minimum atomic E-state index is -0.306. The average molecular weight is 345 g/mol. The van der Waals surface area contributed by atoms with Gasteiger partial charge in [0.05, 0.1) is 7.11 Å². The van der Waals surface area contributed by atoms with Crippen LogP contribution in [-0.4, -0.2) is 23.7 Å². The van der Waals surface area contributed by atoms with E-state index in [0.717, 1.165) is 5.39 Å². The zero-order valence-corrected chi connectivity index (χ0v) is 14.8. The number of anilines is 1. The highest BCUT2D eigenvalue weighted by molar-refractivity contribution is 7.14. The molecule has 2 amide bonds. The van der Waals surface area contributed by atoms with Crippen LogP contribution in [0.2, 0.25) is 0 Å². The summed E-state index contributed by atoms with van der Waals surface area (Å²) >= 11 is 1.34. The van der Waals surface area contributed by atoms with Crippen LogP contribution in [-0.2, 0) is 0 Å². The van der Waals surface area contributed by atoms with Crippen LogP contribution >= 0.6 is 11.3 Å². The van der Waals surface area contributed by atoms with Crippen LogP contribution in [0.25, 0.3) is 22.4 Å². The Morgan fingerprint density at radius 3 is 2.83 bits per heavy atom. The van der Waals surface area contributed by atoms with Crippen LogP contribution in [0.3, 0.4) is 0 Å². The van der Waals surface area contributed by atoms with E-state index >= 15 is 0 Å². The van der Waals surface area contributed by atoms with Crippen LogP contribution < -0.4 is 15.4 Å². The predicted molar refractivity (Wildman–Crippen MR) is 95.8 cm³/mol. The lowest BCUT2D eigenvalue weighted by Gasteiger charge is -2.20. The number of amides is 2. The van der Waals surface area contributed by atoms with Crippen molar-refractivity contribution in [1.82, 2.24) is 10.3 Å². The lowest BCUT2D eigenvalue weighted by molar-refractivity contribution is 0.244. The summed E-state index contributed by atoms with van der Waals surface area (Å²) in [6.45, 7) is 5.75. The molecular weight excluding hydrogens is 326 g/mol. The van der Waals surface area contributed by atoms with Crippen LogP contribution in [0, 0.1) is 0 Å². The maximum Gasteiger partial charge on any atom is 0.321 e. The summed E-state index contributed by atoms with van der Waals surface area (Å²) in [5, 5.41) is 8.87. The van der Waals surface area contributed by atoms with Crippen molar-refractivity contribution < 1.29 is 13.9 Å². The molecule has 0 unspecified atom stereocenters. The summed E-state index contributed by atoms with van der Waals surface area (Å²) in [6.07, 6.45) is 0. The number of aromatic nitrogens is 1. The molecule has 2 aromatic heterocycles. The standard InChI is InChI=1S/C17H19N3O3S/c1-17(2,3)20-15(21)19-16-18-11(9-24-16)13-8-10-6-5-7-12(22-4)14(10)23-13/h5-9H,1-4H3,(H2,18,19,20,21). The van der Waals surface area contributed by atoms with Crippen molar-refractivity contribution in [2.24, 2.45) is 0 Å². The van der Waals surface area contributed by atoms with Gasteiger partial charge in [0, 0.05) is 16.3 Å². The summed E-state index contributed by atoms with van der Waals surface area (Å²) < 4.78 is 11.2. The van der Waals surface area contributed by atoms with Crippen LogP contribution in [0.5, 0.6) is 5.75 Å². The van der Waals surface area contributed by atoms with Crippen molar-refractivity contribution in [2.75, 3.05) is 12.4 Å². The number of hydrogen-bond donors (Lipinski definition) is 2. The Balaban J connectivity index is 1.82. The van der Waals surface area contributed by atoms with E-state index < -0.39 is 0 Å². The van der Waals surface area contributed by atoms with Crippen molar-refractivity contribution >= 4 is 33.5 Å². The Morgan fingerprint density at radius 1 is 1.33 bits per heavy atom. The molecule has 0 radical (unpaired) electrons. The first-order valence-corrected chi connectivity index (χ1v) is 8.35. The molecule has 0 aliphatic heterocycles. The quantitative estimate of drug-likeness (QED) is 0.733. The Bertz CT molecular complexity index is 877. The molecule has 0 saturated carbocycles. The van der Waals surface area contributed by atoms with Crippen LogP contribution in [0.4, 0.5) is 9.93 Å². The minimum Gasteiger partial charge on any atom is -0.493 e. The molecule has 0 aliphatic carbocycles. The molecule has 0 bridgehead atoms. The van der Waals surface area contributed by atoms with Crippen molar-refractivity contribution in [1.29, 1.82) is 0 Å². The third-order valence-corrected chi connectivity index (χ3v) is 3.95. The molecule has 1 aromatic carbocycles. The van der Waals surface area contributed by atoms with Gasteiger partial charge >= 0.3 is 6.03 Å². The SMILES string of the molecule is COc1cccc2cc(-c3csc(NC(=O)NC(C)(C)C)n3)oc12. The minimum absolute atomic E-state index is 0.283. The molecule has 2 N–H and O–H groups in total. The second kappa shape index (κ2) is 6.16. The number of nitrogens with zero attached hydrogens (tertiary/aromatic N) is 1. The number of nitrogens with one attached hydrogen (secondary N) is 2. The average Bonchev–Trinajstić information content (AvgIpc) is 3.10. The van der Waals surface area contributed by atoms with E-state index in [1.165, 1.54) is 11.3 Å². The van der Waals surface area contributed by atoms with Crippen molar-refractivity contribution in [3.63, 3.8) is 0 Å². The molecule has 6 nitrogen and oxygen atoms in total. The Hall–Kier alpha value is -2.54. The summed E-state index contributed by atoms with van der Waals surface area (Å²) in [5.74, 6) is 1.31. The van der Waals surface area contributed by atoms with E-state index in [9.17, 15) is 4.79 Å². The van der Waals surface area contributed by atoms with Crippen LogP contribution in [0.15, 0.2) is 34.1 Å². The van der Waals surface area contributed by atoms with E-state index in [0.29, 0.717) is 27.9 Å². The van der Waals surface area contributed by atoms with Gasteiger partial charge in [-0.1, -0.05) is 12.1 Å². The number of furan rings is 1. The number of carbonyl (C=O) groups excluding carboxylic acids is 1. The molecule has 3 rings (SSSR count). The van der Waals surface area contributed by atoms with Gasteiger partial charge in [-0.25, -0.2) is 9.78 Å². The van der Waals surface area contributed by atoms with E-state index in [4.69, 9.17) is 9.15 Å². The van der Waals surface area contributed by atoms with Gasteiger partial charge in [-0.15, -0.1) is 11.3 Å².